The van der Waals surface area contributed by atoms with Crippen LogP contribution in [0.3, 0.4) is 0 Å². The van der Waals surface area contributed by atoms with E-state index in [2.05, 4.69) is 35.2 Å². The highest BCUT2D eigenvalue weighted by atomic mass is 16.1. The van der Waals surface area contributed by atoms with Gasteiger partial charge in [0.2, 0.25) is 0 Å². The minimum atomic E-state index is -0.372. The number of ketones is 1. The quantitative estimate of drug-likeness (QED) is 0.802. The zero-order valence-electron chi connectivity index (χ0n) is 13.1. The van der Waals surface area contributed by atoms with Gasteiger partial charge in [0.05, 0.1) is 12.0 Å². The number of likely N-dealkylation sites (tertiary alicyclic amines) is 1. The van der Waals surface area contributed by atoms with Gasteiger partial charge in [0.15, 0.2) is 5.78 Å². The van der Waals surface area contributed by atoms with Crippen LogP contribution in [0, 0.1) is 0 Å². The number of aryl methyl sites for hydroxylation is 1. The molecular weight excluding hydrogens is 250 g/mol. The topological polar surface area (TPSA) is 38.1 Å². The fraction of sp³-hybridized carbons (Fsp3) is 0.750. The van der Waals surface area contributed by atoms with E-state index in [1.807, 2.05) is 6.20 Å². The summed E-state index contributed by atoms with van der Waals surface area (Å²) in [6.07, 6.45) is 8.99. The summed E-state index contributed by atoms with van der Waals surface area (Å²) >= 11 is 0. The molecule has 1 aromatic heterocycles. The SMILES string of the molecule is CCCn1ccnc1CC(=O)C(C)(C)N1CCCCC1. The summed E-state index contributed by atoms with van der Waals surface area (Å²) < 4.78 is 2.10. The predicted octanol–water partition coefficient (Wildman–Crippen LogP) is 2.67. The second-order valence-corrected chi connectivity index (χ2v) is 6.24. The molecule has 0 radical (unpaired) electrons. The van der Waals surface area contributed by atoms with E-state index in [9.17, 15) is 4.79 Å². The molecule has 1 aliphatic heterocycles. The van der Waals surface area contributed by atoms with Crippen LogP contribution in [0.25, 0.3) is 0 Å². The lowest BCUT2D eigenvalue weighted by Crippen LogP contribution is -2.52. The Hall–Kier alpha value is -1.16. The average Bonchev–Trinajstić information content (AvgIpc) is 2.87. The number of carbonyl (C=O) groups is 1. The fourth-order valence-corrected chi connectivity index (χ4v) is 2.94. The lowest BCUT2D eigenvalue weighted by Gasteiger charge is -2.39. The monoisotopic (exact) mass is 277 g/mol. The van der Waals surface area contributed by atoms with Crippen LogP contribution in [0.1, 0.15) is 52.3 Å². The van der Waals surface area contributed by atoms with Crippen molar-refractivity contribution in [2.24, 2.45) is 0 Å². The van der Waals surface area contributed by atoms with Gasteiger partial charge in [0, 0.05) is 18.9 Å². The fourth-order valence-electron chi connectivity index (χ4n) is 2.94. The van der Waals surface area contributed by atoms with Gasteiger partial charge in [-0.1, -0.05) is 13.3 Å². The van der Waals surface area contributed by atoms with E-state index in [4.69, 9.17) is 0 Å². The molecule has 0 N–H and O–H groups in total. The lowest BCUT2D eigenvalue weighted by atomic mass is 9.91. The molecule has 1 saturated heterocycles. The average molecular weight is 277 g/mol. The summed E-state index contributed by atoms with van der Waals surface area (Å²) in [4.78, 5) is 19.4. The first-order valence-corrected chi connectivity index (χ1v) is 7.84. The summed E-state index contributed by atoms with van der Waals surface area (Å²) in [5.41, 5.74) is -0.372. The van der Waals surface area contributed by atoms with Gasteiger partial charge in [0.1, 0.15) is 5.82 Å². The van der Waals surface area contributed by atoms with Gasteiger partial charge in [-0.2, -0.15) is 0 Å². The highest BCUT2D eigenvalue weighted by molar-refractivity contribution is 5.88. The molecule has 2 heterocycles. The number of Topliss-reactive ketones (excluding diaryl/α,β-unsaturated/α-hetero) is 1. The molecule has 2 rings (SSSR count). The normalized spacial score (nSPS) is 17.4. The molecule has 20 heavy (non-hydrogen) atoms. The Morgan fingerprint density at radius 2 is 2.00 bits per heavy atom. The molecule has 0 aliphatic carbocycles. The van der Waals surface area contributed by atoms with Crippen molar-refractivity contribution in [3.05, 3.63) is 18.2 Å². The molecule has 1 aliphatic rings. The third-order valence-corrected chi connectivity index (χ3v) is 4.41. The van der Waals surface area contributed by atoms with E-state index in [1.54, 1.807) is 6.20 Å². The summed E-state index contributed by atoms with van der Waals surface area (Å²) in [6.45, 7) is 9.29. The number of piperidine rings is 1. The van der Waals surface area contributed by atoms with E-state index < -0.39 is 0 Å². The minimum absolute atomic E-state index is 0.281. The van der Waals surface area contributed by atoms with Crippen molar-refractivity contribution in [2.45, 2.75) is 65.0 Å². The Kier molecular flexibility index (Phi) is 4.97. The third-order valence-electron chi connectivity index (χ3n) is 4.41. The van der Waals surface area contributed by atoms with Crippen LogP contribution in [0.4, 0.5) is 0 Å². The van der Waals surface area contributed by atoms with Gasteiger partial charge >= 0.3 is 0 Å². The van der Waals surface area contributed by atoms with Crippen molar-refractivity contribution < 1.29 is 4.79 Å². The largest absolute Gasteiger partial charge is 0.335 e. The van der Waals surface area contributed by atoms with Gasteiger partial charge in [-0.05, 0) is 46.2 Å². The molecule has 0 spiro atoms. The first-order chi connectivity index (χ1) is 9.55. The second-order valence-electron chi connectivity index (χ2n) is 6.24. The maximum atomic E-state index is 12.7. The van der Waals surface area contributed by atoms with E-state index in [-0.39, 0.29) is 11.3 Å². The van der Waals surface area contributed by atoms with Crippen LogP contribution < -0.4 is 0 Å². The Labute approximate surface area is 122 Å². The smallest absolute Gasteiger partial charge is 0.160 e. The van der Waals surface area contributed by atoms with Gasteiger partial charge in [-0.15, -0.1) is 0 Å². The van der Waals surface area contributed by atoms with E-state index >= 15 is 0 Å². The van der Waals surface area contributed by atoms with Crippen molar-refractivity contribution in [2.75, 3.05) is 13.1 Å². The lowest BCUT2D eigenvalue weighted by molar-refractivity contribution is -0.129. The number of carbonyl (C=O) groups excluding carboxylic acids is 1. The second kappa shape index (κ2) is 6.53. The van der Waals surface area contributed by atoms with Crippen LogP contribution in [0.5, 0.6) is 0 Å². The summed E-state index contributed by atoms with van der Waals surface area (Å²) in [7, 11) is 0. The van der Waals surface area contributed by atoms with Crippen molar-refractivity contribution >= 4 is 5.78 Å². The third kappa shape index (κ3) is 3.29. The molecule has 1 aromatic rings. The zero-order chi connectivity index (χ0) is 14.6. The number of aromatic nitrogens is 2. The summed E-state index contributed by atoms with van der Waals surface area (Å²) in [5.74, 6) is 1.19. The van der Waals surface area contributed by atoms with Gasteiger partial charge in [0.25, 0.3) is 0 Å². The first-order valence-electron chi connectivity index (χ1n) is 7.84. The van der Waals surface area contributed by atoms with Crippen LogP contribution >= 0.6 is 0 Å². The molecule has 0 aromatic carbocycles. The van der Waals surface area contributed by atoms with Crippen LogP contribution in [-0.2, 0) is 17.8 Å². The van der Waals surface area contributed by atoms with Gasteiger partial charge < -0.3 is 4.57 Å². The van der Waals surface area contributed by atoms with Crippen LogP contribution in [-0.4, -0.2) is 38.9 Å². The number of hydrogen-bond donors (Lipinski definition) is 0. The molecule has 0 amide bonds. The predicted molar refractivity (Wildman–Crippen MR) is 80.7 cm³/mol. The molecule has 4 nitrogen and oxygen atoms in total. The summed E-state index contributed by atoms with van der Waals surface area (Å²) in [6, 6.07) is 0. The van der Waals surface area contributed by atoms with E-state index in [1.165, 1.54) is 19.3 Å². The maximum Gasteiger partial charge on any atom is 0.160 e. The Bertz CT molecular complexity index is 444. The number of nitrogens with zero attached hydrogens (tertiary/aromatic N) is 3. The summed E-state index contributed by atoms with van der Waals surface area (Å²) in [5, 5.41) is 0. The van der Waals surface area contributed by atoms with Crippen molar-refractivity contribution in [1.82, 2.24) is 14.5 Å². The van der Waals surface area contributed by atoms with Crippen LogP contribution in [0.15, 0.2) is 12.4 Å². The molecule has 1 fully saturated rings. The molecule has 0 saturated carbocycles. The molecule has 112 valence electrons. The molecule has 0 bridgehead atoms. The molecule has 0 unspecified atom stereocenters. The van der Waals surface area contributed by atoms with Crippen molar-refractivity contribution in [3.63, 3.8) is 0 Å². The van der Waals surface area contributed by atoms with Crippen molar-refractivity contribution in [1.29, 1.82) is 0 Å². The Balaban J connectivity index is 2.04. The molecule has 0 atom stereocenters. The molecular formula is C16H27N3O. The first kappa shape index (κ1) is 15.2. The zero-order valence-corrected chi connectivity index (χ0v) is 13.1. The van der Waals surface area contributed by atoms with Gasteiger partial charge in [-0.25, -0.2) is 4.98 Å². The number of hydrogen-bond acceptors (Lipinski definition) is 3. The van der Waals surface area contributed by atoms with Crippen LogP contribution in [0.2, 0.25) is 0 Å². The number of imidazole rings is 1. The number of rotatable bonds is 6. The highest BCUT2D eigenvalue weighted by Gasteiger charge is 2.35. The maximum absolute atomic E-state index is 12.7. The minimum Gasteiger partial charge on any atom is -0.335 e. The van der Waals surface area contributed by atoms with Crippen molar-refractivity contribution in [3.8, 4) is 0 Å². The Morgan fingerprint density at radius 3 is 2.65 bits per heavy atom. The molecule has 4 heteroatoms. The van der Waals surface area contributed by atoms with E-state index in [0.29, 0.717) is 6.42 Å². The van der Waals surface area contributed by atoms with E-state index in [0.717, 1.165) is 31.9 Å². The standard InChI is InChI=1S/C16H27N3O/c1-4-9-18-12-8-17-15(18)13-14(20)16(2,3)19-10-6-5-7-11-19/h8,12H,4-7,9-11,13H2,1-3H3. The Morgan fingerprint density at radius 1 is 1.30 bits per heavy atom. The van der Waals surface area contributed by atoms with Gasteiger partial charge in [-0.3, -0.25) is 9.69 Å². The highest BCUT2D eigenvalue weighted by Crippen LogP contribution is 2.22.